The molecule has 2 aromatic carbocycles. The number of carbonyl (C=O) groups is 1. The summed E-state index contributed by atoms with van der Waals surface area (Å²) in [5.41, 5.74) is 0.985. The fraction of sp³-hybridized carbons (Fsp3) is 0.235. The number of nitrogens with one attached hydrogen (secondary N) is 1. The van der Waals surface area contributed by atoms with Crippen molar-refractivity contribution in [3.05, 3.63) is 60.2 Å². The molecule has 1 N–H and O–H groups in total. The van der Waals surface area contributed by atoms with Gasteiger partial charge in [-0.1, -0.05) is 37.3 Å². The van der Waals surface area contributed by atoms with Gasteiger partial charge in [-0.15, -0.1) is 0 Å². The minimum Gasteiger partial charge on any atom is -0.457 e. The summed E-state index contributed by atoms with van der Waals surface area (Å²) in [7, 11) is 0. The Hall–Kier alpha value is -2.29. The lowest BCUT2D eigenvalue weighted by molar-refractivity contribution is -0.120. The van der Waals surface area contributed by atoms with Gasteiger partial charge in [-0.05, 0) is 36.2 Å². The summed E-state index contributed by atoms with van der Waals surface area (Å²) in [5.74, 6) is 1.64. The molecule has 0 fully saturated rings. The molecule has 2 aromatic rings. The Morgan fingerprint density at radius 2 is 1.65 bits per heavy atom. The lowest BCUT2D eigenvalue weighted by Crippen LogP contribution is -2.25. The predicted molar refractivity (Wildman–Crippen MR) is 80.0 cm³/mol. The van der Waals surface area contributed by atoms with E-state index in [1.54, 1.807) is 0 Å². The Balaban J connectivity index is 1.91. The molecule has 0 radical (unpaired) electrons. The molecule has 0 atom stereocenters. The lowest BCUT2D eigenvalue weighted by Gasteiger charge is -2.07. The maximum absolute atomic E-state index is 11.6. The van der Waals surface area contributed by atoms with Crippen molar-refractivity contribution in [3.8, 4) is 11.5 Å². The molecule has 20 heavy (non-hydrogen) atoms. The highest BCUT2D eigenvalue weighted by Crippen LogP contribution is 2.21. The molecule has 3 nitrogen and oxygen atoms in total. The van der Waals surface area contributed by atoms with Crippen LogP contribution in [0.25, 0.3) is 0 Å². The smallest absolute Gasteiger partial charge is 0.224 e. The first-order chi connectivity index (χ1) is 9.78. The van der Waals surface area contributed by atoms with Crippen molar-refractivity contribution in [1.82, 2.24) is 5.32 Å². The zero-order valence-electron chi connectivity index (χ0n) is 11.6. The van der Waals surface area contributed by atoms with Gasteiger partial charge in [-0.2, -0.15) is 0 Å². The molecule has 0 aliphatic heterocycles. The standard InChI is InChI=1S/C17H19NO2/c1-2-12-18-17(19)13-14-8-10-16(11-9-14)20-15-6-4-3-5-7-15/h3-11H,2,12-13H2,1H3,(H,18,19). The predicted octanol–water partition coefficient (Wildman–Crippen LogP) is 3.55. The monoisotopic (exact) mass is 269 g/mol. The van der Waals surface area contributed by atoms with Crippen LogP contribution in [0.5, 0.6) is 11.5 Å². The molecular formula is C17H19NO2. The Morgan fingerprint density at radius 1 is 1.00 bits per heavy atom. The highest BCUT2D eigenvalue weighted by molar-refractivity contribution is 5.78. The second-order valence-electron chi connectivity index (χ2n) is 4.59. The summed E-state index contributed by atoms with van der Waals surface area (Å²) in [5, 5.41) is 2.87. The van der Waals surface area contributed by atoms with Crippen molar-refractivity contribution in [3.63, 3.8) is 0 Å². The van der Waals surface area contributed by atoms with Crippen LogP contribution in [-0.2, 0) is 11.2 Å². The van der Waals surface area contributed by atoms with Gasteiger partial charge in [-0.3, -0.25) is 4.79 Å². The second kappa shape index (κ2) is 7.34. The van der Waals surface area contributed by atoms with Crippen molar-refractivity contribution in [1.29, 1.82) is 0 Å². The normalized spacial score (nSPS) is 10.1. The summed E-state index contributed by atoms with van der Waals surface area (Å²) in [6.07, 6.45) is 1.36. The molecule has 0 unspecified atom stereocenters. The van der Waals surface area contributed by atoms with Gasteiger partial charge in [0.25, 0.3) is 0 Å². The van der Waals surface area contributed by atoms with Crippen LogP contribution in [0.2, 0.25) is 0 Å². The first-order valence-electron chi connectivity index (χ1n) is 6.86. The van der Waals surface area contributed by atoms with E-state index in [1.807, 2.05) is 61.5 Å². The van der Waals surface area contributed by atoms with Gasteiger partial charge in [0, 0.05) is 6.54 Å². The highest BCUT2D eigenvalue weighted by atomic mass is 16.5. The van der Waals surface area contributed by atoms with Crippen molar-refractivity contribution < 1.29 is 9.53 Å². The molecule has 0 aliphatic rings. The molecule has 0 aliphatic carbocycles. The van der Waals surface area contributed by atoms with E-state index in [-0.39, 0.29) is 5.91 Å². The molecule has 0 aromatic heterocycles. The third-order valence-electron chi connectivity index (χ3n) is 2.84. The number of benzene rings is 2. The van der Waals surface area contributed by atoms with E-state index in [0.717, 1.165) is 30.0 Å². The Bertz CT molecular complexity index is 535. The van der Waals surface area contributed by atoms with Crippen molar-refractivity contribution in [2.24, 2.45) is 0 Å². The average Bonchev–Trinajstić information content (AvgIpc) is 2.48. The van der Waals surface area contributed by atoms with Gasteiger partial charge >= 0.3 is 0 Å². The van der Waals surface area contributed by atoms with Gasteiger partial charge in [0.15, 0.2) is 0 Å². The summed E-state index contributed by atoms with van der Waals surface area (Å²) in [6, 6.07) is 17.2. The summed E-state index contributed by atoms with van der Waals surface area (Å²) < 4.78 is 5.70. The molecule has 0 saturated heterocycles. The maximum atomic E-state index is 11.6. The van der Waals surface area contributed by atoms with E-state index in [0.29, 0.717) is 6.42 Å². The number of hydrogen-bond acceptors (Lipinski definition) is 2. The van der Waals surface area contributed by atoms with Gasteiger partial charge < -0.3 is 10.1 Å². The van der Waals surface area contributed by atoms with Crippen LogP contribution in [0.1, 0.15) is 18.9 Å². The summed E-state index contributed by atoms with van der Waals surface area (Å²) in [6.45, 7) is 2.77. The molecule has 3 heteroatoms. The summed E-state index contributed by atoms with van der Waals surface area (Å²) >= 11 is 0. The molecule has 0 saturated carbocycles. The third kappa shape index (κ3) is 4.43. The molecular weight excluding hydrogens is 250 g/mol. The first kappa shape index (κ1) is 14.1. The van der Waals surface area contributed by atoms with Crippen LogP contribution < -0.4 is 10.1 Å². The highest BCUT2D eigenvalue weighted by Gasteiger charge is 2.03. The Morgan fingerprint density at radius 3 is 2.30 bits per heavy atom. The van der Waals surface area contributed by atoms with Crippen LogP contribution >= 0.6 is 0 Å². The zero-order valence-corrected chi connectivity index (χ0v) is 11.6. The van der Waals surface area contributed by atoms with Gasteiger partial charge in [0.2, 0.25) is 5.91 Å². The lowest BCUT2D eigenvalue weighted by atomic mass is 10.1. The number of hydrogen-bond donors (Lipinski definition) is 1. The Kier molecular flexibility index (Phi) is 5.18. The topological polar surface area (TPSA) is 38.3 Å². The van der Waals surface area contributed by atoms with Crippen LogP contribution in [0.3, 0.4) is 0 Å². The quantitative estimate of drug-likeness (QED) is 0.871. The van der Waals surface area contributed by atoms with Crippen molar-refractivity contribution in [2.45, 2.75) is 19.8 Å². The first-order valence-corrected chi connectivity index (χ1v) is 6.86. The van der Waals surface area contributed by atoms with Crippen LogP contribution in [0.4, 0.5) is 0 Å². The molecule has 0 bridgehead atoms. The van der Waals surface area contributed by atoms with E-state index in [4.69, 9.17) is 4.74 Å². The fourth-order valence-electron chi connectivity index (χ4n) is 1.81. The number of ether oxygens (including phenoxy) is 1. The zero-order chi connectivity index (χ0) is 14.2. The molecule has 1 amide bonds. The van der Waals surface area contributed by atoms with Crippen LogP contribution in [-0.4, -0.2) is 12.5 Å². The largest absolute Gasteiger partial charge is 0.457 e. The average molecular weight is 269 g/mol. The van der Waals surface area contributed by atoms with E-state index in [1.165, 1.54) is 0 Å². The van der Waals surface area contributed by atoms with Crippen LogP contribution in [0.15, 0.2) is 54.6 Å². The van der Waals surface area contributed by atoms with E-state index in [2.05, 4.69) is 5.32 Å². The van der Waals surface area contributed by atoms with E-state index < -0.39 is 0 Å². The number of carbonyl (C=O) groups excluding carboxylic acids is 1. The van der Waals surface area contributed by atoms with Gasteiger partial charge in [-0.25, -0.2) is 0 Å². The molecule has 104 valence electrons. The van der Waals surface area contributed by atoms with Crippen LogP contribution in [0, 0.1) is 0 Å². The molecule has 2 rings (SSSR count). The Labute approximate surface area is 119 Å². The van der Waals surface area contributed by atoms with Crippen molar-refractivity contribution in [2.75, 3.05) is 6.54 Å². The number of para-hydroxylation sites is 1. The van der Waals surface area contributed by atoms with E-state index in [9.17, 15) is 4.79 Å². The third-order valence-corrected chi connectivity index (χ3v) is 2.84. The fourth-order valence-corrected chi connectivity index (χ4v) is 1.81. The van der Waals surface area contributed by atoms with E-state index >= 15 is 0 Å². The minimum absolute atomic E-state index is 0.0589. The maximum Gasteiger partial charge on any atom is 0.224 e. The minimum atomic E-state index is 0.0589. The van der Waals surface area contributed by atoms with Gasteiger partial charge in [0.05, 0.1) is 6.42 Å². The molecule has 0 heterocycles. The SMILES string of the molecule is CCCNC(=O)Cc1ccc(Oc2ccccc2)cc1. The van der Waals surface area contributed by atoms with Gasteiger partial charge in [0.1, 0.15) is 11.5 Å². The summed E-state index contributed by atoms with van der Waals surface area (Å²) in [4.78, 5) is 11.6. The van der Waals surface area contributed by atoms with Crippen molar-refractivity contribution >= 4 is 5.91 Å². The number of amides is 1. The second-order valence-corrected chi connectivity index (χ2v) is 4.59. The number of rotatable bonds is 6. The molecule has 0 spiro atoms.